The van der Waals surface area contributed by atoms with Crippen molar-refractivity contribution in [2.24, 2.45) is 0 Å². The van der Waals surface area contributed by atoms with Gasteiger partial charge >= 0.3 is 0 Å². The Morgan fingerprint density at radius 1 is 0.839 bits per heavy atom. The molecular formula is C25H23N3O3. The molecule has 3 amide bonds. The fourth-order valence-corrected chi connectivity index (χ4v) is 4.62. The smallest absolute Gasteiger partial charge is 0.265 e. The van der Waals surface area contributed by atoms with E-state index in [0.717, 1.165) is 42.4 Å². The van der Waals surface area contributed by atoms with Crippen molar-refractivity contribution in [3.05, 3.63) is 65.7 Å². The van der Waals surface area contributed by atoms with E-state index < -0.39 is 0 Å². The molecule has 0 aromatic heterocycles. The lowest BCUT2D eigenvalue weighted by atomic mass is 9.92. The summed E-state index contributed by atoms with van der Waals surface area (Å²) in [5, 5.41) is 4.39. The number of piperidine rings is 1. The molecule has 2 aliphatic rings. The second-order valence-electron chi connectivity index (χ2n) is 8.08. The van der Waals surface area contributed by atoms with Gasteiger partial charge in [0.25, 0.3) is 11.8 Å². The van der Waals surface area contributed by atoms with Gasteiger partial charge in [-0.2, -0.15) is 0 Å². The van der Waals surface area contributed by atoms with Crippen molar-refractivity contribution in [3.8, 4) is 0 Å². The van der Waals surface area contributed by atoms with E-state index in [-0.39, 0.29) is 17.7 Å². The van der Waals surface area contributed by atoms with Crippen LogP contribution in [0.1, 0.15) is 46.9 Å². The number of carbonyl (C=O) groups is 3. The van der Waals surface area contributed by atoms with E-state index in [2.05, 4.69) is 10.2 Å². The Morgan fingerprint density at radius 3 is 2.19 bits per heavy atom. The second-order valence-corrected chi connectivity index (χ2v) is 8.08. The van der Waals surface area contributed by atoms with Crippen LogP contribution >= 0.6 is 0 Å². The molecule has 1 fully saturated rings. The number of nitrogens with one attached hydrogen (secondary N) is 1. The fraction of sp³-hybridized carbons (Fsp3) is 0.240. The van der Waals surface area contributed by atoms with Gasteiger partial charge < -0.3 is 10.2 Å². The molecule has 156 valence electrons. The van der Waals surface area contributed by atoms with E-state index in [1.54, 1.807) is 30.3 Å². The van der Waals surface area contributed by atoms with E-state index in [4.69, 9.17) is 0 Å². The zero-order valence-corrected chi connectivity index (χ0v) is 17.4. The molecule has 3 aromatic rings. The maximum absolute atomic E-state index is 13.4. The number of hydrogen-bond acceptors (Lipinski definition) is 4. The minimum Gasteiger partial charge on any atom is -0.371 e. The van der Waals surface area contributed by atoms with Crippen LogP contribution in [0.5, 0.6) is 0 Å². The van der Waals surface area contributed by atoms with Gasteiger partial charge in [0, 0.05) is 53.3 Å². The molecule has 2 aliphatic heterocycles. The molecule has 0 spiro atoms. The van der Waals surface area contributed by atoms with Gasteiger partial charge in [-0.3, -0.25) is 14.4 Å². The Labute approximate surface area is 180 Å². The number of benzene rings is 3. The van der Waals surface area contributed by atoms with E-state index in [0.29, 0.717) is 22.5 Å². The lowest BCUT2D eigenvalue weighted by molar-refractivity contribution is -0.114. The van der Waals surface area contributed by atoms with Gasteiger partial charge in [-0.15, -0.1) is 0 Å². The van der Waals surface area contributed by atoms with Gasteiger partial charge in [0.1, 0.15) is 0 Å². The van der Waals surface area contributed by atoms with Gasteiger partial charge in [0.2, 0.25) is 5.91 Å². The molecule has 0 aliphatic carbocycles. The molecule has 31 heavy (non-hydrogen) atoms. The van der Waals surface area contributed by atoms with Gasteiger partial charge in [0.05, 0.1) is 5.69 Å². The highest BCUT2D eigenvalue weighted by Gasteiger charge is 2.34. The highest BCUT2D eigenvalue weighted by Crippen LogP contribution is 2.38. The van der Waals surface area contributed by atoms with Crippen LogP contribution in [0.25, 0.3) is 10.8 Å². The summed E-state index contributed by atoms with van der Waals surface area (Å²) >= 11 is 0. The average molecular weight is 413 g/mol. The molecule has 0 atom stereocenters. The number of anilines is 3. The van der Waals surface area contributed by atoms with Crippen molar-refractivity contribution in [3.63, 3.8) is 0 Å². The summed E-state index contributed by atoms with van der Waals surface area (Å²) in [5.74, 6) is -0.833. The van der Waals surface area contributed by atoms with Crippen LogP contribution < -0.4 is 15.1 Å². The Kier molecular flexibility index (Phi) is 4.70. The van der Waals surface area contributed by atoms with Crippen molar-refractivity contribution in [1.29, 1.82) is 0 Å². The molecule has 5 rings (SSSR count). The molecular weight excluding hydrogens is 390 g/mol. The van der Waals surface area contributed by atoms with Crippen LogP contribution in [0.3, 0.4) is 0 Å². The Bertz CT molecular complexity index is 1190. The molecule has 6 heteroatoms. The monoisotopic (exact) mass is 413 g/mol. The summed E-state index contributed by atoms with van der Waals surface area (Å²) < 4.78 is 0. The SMILES string of the molecule is CC(=O)Nc1ccc(N2C(=O)c3cccc4c(N5CCCCC5)ccc(c34)C2=O)cc1. The number of amides is 3. The van der Waals surface area contributed by atoms with Crippen LogP contribution in [-0.2, 0) is 4.79 Å². The predicted octanol–water partition coefficient (Wildman–Crippen LogP) is 4.59. The van der Waals surface area contributed by atoms with Gasteiger partial charge in [0.15, 0.2) is 0 Å². The van der Waals surface area contributed by atoms with Crippen molar-refractivity contribution >= 4 is 45.6 Å². The molecule has 3 aromatic carbocycles. The highest BCUT2D eigenvalue weighted by atomic mass is 16.2. The maximum atomic E-state index is 13.4. The number of nitrogens with zero attached hydrogens (tertiary/aromatic N) is 2. The summed E-state index contributed by atoms with van der Waals surface area (Å²) in [4.78, 5) is 41.6. The lowest BCUT2D eigenvalue weighted by Gasteiger charge is -2.32. The fourth-order valence-electron chi connectivity index (χ4n) is 4.62. The van der Waals surface area contributed by atoms with E-state index >= 15 is 0 Å². The van der Waals surface area contributed by atoms with Gasteiger partial charge in [-0.1, -0.05) is 12.1 Å². The van der Waals surface area contributed by atoms with E-state index in [9.17, 15) is 14.4 Å². The van der Waals surface area contributed by atoms with Crippen LogP contribution in [-0.4, -0.2) is 30.8 Å². The first-order valence-corrected chi connectivity index (χ1v) is 10.6. The predicted molar refractivity (Wildman–Crippen MR) is 122 cm³/mol. The zero-order valence-electron chi connectivity index (χ0n) is 17.4. The summed E-state index contributed by atoms with van der Waals surface area (Å²) in [7, 11) is 0. The first-order valence-electron chi connectivity index (χ1n) is 10.6. The first kappa shape index (κ1) is 19.3. The van der Waals surface area contributed by atoms with Crippen molar-refractivity contribution in [2.45, 2.75) is 26.2 Å². The lowest BCUT2D eigenvalue weighted by Crippen LogP contribution is -2.40. The van der Waals surface area contributed by atoms with E-state index in [1.165, 1.54) is 18.2 Å². The van der Waals surface area contributed by atoms with Gasteiger partial charge in [-0.25, -0.2) is 4.90 Å². The molecule has 0 saturated carbocycles. The molecule has 0 radical (unpaired) electrons. The van der Waals surface area contributed by atoms with Gasteiger partial charge in [-0.05, 0) is 61.7 Å². The van der Waals surface area contributed by atoms with Crippen molar-refractivity contribution < 1.29 is 14.4 Å². The number of rotatable bonds is 3. The largest absolute Gasteiger partial charge is 0.371 e. The molecule has 1 saturated heterocycles. The minimum atomic E-state index is -0.328. The maximum Gasteiger partial charge on any atom is 0.265 e. The molecule has 0 bridgehead atoms. The van der Waals surface area contributed by atoms with Crippen LogP contribution in [0.4, 0.5) is 17.1 Å². The minimum absolute atomic E-state index is 0.178. The number of imide groups is 1. The average Bonchev–Trinajstić information content (AvgIpc) is 2.78. The third kappa shape index (κ3) is 3.24. The quantitative estimate of drug-likeness (QED) is 0.638. The van der Waals surface area contributed by atoms with E-state index in [1.807, 2.05) is 24.3 Å². The normalized spacial score (nSPS) is 16.0. The topological polar surface area (TPSA) is 69.7 Å². The highest BCUT2D eigenvalue weighted by molar-refractivity contribution is 6.36. The van der Waals surface area contributed by atoms with Crippen LogP contribution in [0.15, 0.2) is 54.6 Å². The third-order valence-corrected chi connectivity index (χ3v) is 6.03. The molecule has 6 nitrogen and oxygen atoms in total. The number of carbonyl (C=O) groups excluding carboxylic acids is 3. The van der Waals surface area contributed by atoms with Crippen LogP contribution in [0, 0.1) is 0 Å². The van der Waals surface area contributed by atoms with Crippen molar-refractivity contribution in [1.82, 2.24) is 0 Å². The molecule has 2 heterocycles. The third-order valence-electron chi connectivity index (χ3n) is 6.03. The Morgan fingerprint density at radius 2 is 1.52 bits per heavy atom. The summed E-state index contributed by atoms with van der Waals surface area (Å²) in [6, 6.07) is 16.3. The standard InChI is InChI=1S/C25H23N3O3/c1-16(29)26-17-8-10-18(11-9-17)28-24(30)20-7-5-6-19-22(27-14-3-2-4-15-27)13-12-21(23(19)20)25(28)31/h5-13H,2-4,14-15H2,1H3,(H,26,29). The van der Waals surface area contributed by atoms with Crippen molar-refractivity contribution in [2.75, 3.05) is 28.2 Å². The summed E-state index contributed by atoms with van der Waals surface area (Å²) in [6.07, 6.45) is 3.55. The summed E-state index contributed by atoms with van der Waals surface area (Å²) in [6.45, 7) is 3.42. The first-order chi connectivity index (χ1) is 15.0. The Balaban J connectivity index is 1.58. The summed E-state index contributed by atoms with van der Waals surface area (Å²) in [5.41, 5.74) is 3.26. The molecule has 0 unspecified atom stereocenters. The van der Waals surface area contributed by atoms with Crippen LogP contribution in [0.2, 0.25) is 0 Å². The zero-order chi connectivity index (χ0) is 21.5. The Hall–Kier alpha value is -3.67. The molecule has 1 N–H and O–H groups in total. The second kappa shape index (κ2) is 7.54. The number of hydrogen-bond donors (Lipinski definition) is 1.